The number of carbonyl (C=O) groups excluding carboxylic acids is 2. The molecule has 0 aromatic heterocycles. The number of benzene rings is 1. The summed E-state index contributed by atoms with van der Waals surface area (Å²) in [5, 5.41) is 23.3. The fourth-order valence-corrected chi connectivity index (χ4v) is 4.25. The molecule has 1 aromatic rings. The number of hydrogen-bond donors (Lipinski definition) is 0. The molecule has 0 spiro atoms. The van der Waals surface area contributed by atoms with Crippen molar-refractivity contribution in [3.05, 3.63) is 34.4 Å². The molecule has 4 nitrogen and oxygen atoms in total. The number of carboxylic acids is 2. The number of aromatic carboxylic acids is 2. The van der Waals surface area contributed by atoms with Gasteiger partial charge in [-0.15, -0.1) is 0 Å². The standard InChI is InChI=1S/C24H38O4/c1-15(2)13-17(5)7-9-19-10-12-21(23(25)26)22(24(27)28)20(19)11-8-18(6)14-16(3)4/h10,12,15-18H,7-9,11,13-14H2,1-6H3,(H,25,26)(H,27,28)/p-2. The average Bonchev–Trinajstić information content (AvgIpc) is 2.56. The molecular formula is C24H36O4-2. The lowest BCUT2D eigenvalue weighted by atomic mass is 9.85. The van der Waals surface area contributed by atoms with Crippen molar-refractivity contribution in [3.63, 3.8) is 0 Å². The van der Waals surface area contributed by atoms with Gasteiger partial charge in [-0.2, -0.15) is 0 Å². The summed E-state index contributed by atoms with van der Waals surface area (Å²) in [7, 11) is 0. The molecule has 0 saturated carbocycles. The molecule has 0 amide bonds. The Labute approximate surface area is 170 Å². The van der Waals surface area contributed by atoms with E-state index >= 15 is 0 Å². The summed E-state index contributed by atoms with van der Waals surface area (Å²) >= 11 is 0. The second kappa shape index (κ2) is 11.2. The molecule has 28 heavy (non-hydrogen) atoms. The van der Waals surface area contributed by atoms with E-state index < -0.39 is 11.9 Å². The first-order valence-corrected chi connectivity index (χ1v) is 10.6. The third-order valence-corrected chi connectivity index (χ3v) is 5.38. The van der Waals surface area contributed by atoms with Crippen molar-refractivity contribution in [2.75, 3.05) is 0 Å². The molecule has 1 aromatic carbocycles. The Balaban J connectivity index is 3.17. The van der Waals surface area contributed by atoms with Gasteiger partial charge >= 0.3 is 0 Å². The van der Waals surface area contributed by atoms with E-state index in [1.54, 1.807) is 6.07 Å². The molecule has 2 unspecified atom stereocenters. The van der Waals surface area contributed by atoms with Gasteiger partial charge in [-0.05, 0) is 73.3 Å². The smallest absolute Gasteiger partial charge is 0.0724 e. The Morgan fingerprint density at radius 1 is 0.786 bits per heavy atom. The fourth-order valence-electron chi connectivity index (χ4n) is 4.25. The molecule has 158 valence electrons. The van der Waals surface area contributed by atoms with Crippen LogP contribution in [-0.2, 0) is 12.8 Å². The van der Waals surface area contributed by atoms with E-state index in [-0.39, 0.29) is 11.1 Å². The maximum atomic E-state index is 11.8. The van der Waals surface area contributed by atoms with Crippen LogP contribution in [0.4, 0.5) is 0 Å². The maximum Gasteiger partial charge on any atom is 0.0724 e. The lowest BCUT2D eigenvalue weighted by Crippen LogP contribution is -2.32. The lowest BCUT2D eigenvalue weighted by molar-refractivity contribution is -0.259. The highest BCUT2D eigenvalue weighted by atomic mass is 16.4. The van der Waals surface area contributed by atoms with Gasteiger partial charge in [-0.3, -0.25) is 0 Å². The summed E-state index contributed by atoms with van der Waals surface area (Å²) in [5.41, 5.74) is 1.09. The number of carbonyl (C=O) groups is 2. The van der Waals surface area contributed by atoms with Crippen molar-refractivity contribution in [2.24, 2.45) is 23.7 Å². The summed E-state index contributed by atoms with van der Waals surface area (Å²) in [6, 6.07) is 3.13. The van der Waals surface area contributed by atoms with Crippen LogP contribution in [0.1, 0.15) is 99.1 Å². The highest BCUT2D eigenvalue weighted by Gasteiger charge is 2.17. The number of carboxylic acid groups (broad SMARTS) is 2. The zero-order valence-electron chi connectivity index (χ0n) is 18.3. The number of hydrogen-bond acceptors (Lipinski definition) is 4. The van der Waals surface area contributed by atoms with Crippen LogP contribution in [0.25, 0.3) is 0 Å². The van der Waals surface area contributed by atoms with Crippen molar-refractivity contribution >= 4 is 11.9 Å². The molecule has 0 aliphatic heterocycles. The van der Waals surface area contributed by atoms with Crippen molar-refractivity contribution in [1.29, 1.82) is 0 Å². The zero-order chi connectivity index (χ0) is 21.4. The third-order valence-electron chi connectivity index (χ3n) is 5.38. The van der Waals surface area contributed by atoms with Gasteiger partial charge in [0.15, 0.2) is 0 Å². The third kappa shape index (κ3) is 7.65. The van der Waals surface area contributed by atoms with Crippen LogP contribution in [0.3, 0.4) is 0 Å². The first kappa shape index (κ1) is 24.2. The highest BCUT2D eigenvalue weighted by molar-refractivity contribution is 6.01. The first-order valence-electron chi connectivity index (χ1n) is 10.6. The fraction of sp³-hybridized carbons (Fsp3) is 0.667. The van der Waals surface area contributed by atoms with Gasteiger partial charge in [0.2, 0.25) is 0 Å². The predicted octanol–water partition coefficient (Wildman–Crippen LogP) is 3.64. The van der Waals surface area contributed by atoms with Crippen LogP contribution >= 0.6 is 0 Å². The summed E-state index contributed by atoms with van der Waals surface area (Å²) < 4.78 is 0. The second-order valence-corrected chi connectivity index (χ2v) is 9.25. The van der Waals surface area contributed by atoms with Gasteiger partial charge in [0.05, 0.1) is 11.9 Å². The molecular weight excluding hydrogens is 352 g/mol. The van der Waals surface area contributed by atoms with Gasteiger partial charge in [-0.1, -0.05) is 53.7 Å². The normalized spacial score (nSPS) is 13.7. The van der Waals surface area contributed by atoms with Crippen LogP contribution in [-0.4, -0.2) is 11.9 Å². The molecule has 0 saturated heterocycles. The van der Waals surface area contributed by atoms with E-state index in [1.807, 2.05) is 0 Å². The Kier molecular flexibility index (Phi) is 9.71. The van der Waals surface area contributed by atoms with Crippen molar-refractivity contribution < 1.29 is 19.8 Å². The van der Waals surface area contributed by atoms with Gasteiger partial charge in [-0.25, -0.2) is 0 Å². The molecule has 0 heterocycles. The topological polar surface area (TPSA) is 80.3 Å². The monoisotopic (exact) mass is 388 g/mol. The predicted molar refractivity (Wildman–Crippen MR) is 109 cm³/mol. The zero-order valence-corrected chi connectivity index (χ0v) is 18.3. The average molecular weight is 389 g/mol. The second-order valence-electron chi connectivity index (χ2n) is 9.25. The van der Waals surface area contributed by atoms with Crippen LogP contribution in [0, 0.1) is 23.7 Å². The molecule has 0 aliphatic carbocycles. The molecule has 0 radical (unpaired) electrons. The molecule has 0 aliphatic rings. The van der Waals surface area contributed by atoms with E-state index in [1.165, 1.54) is 6.07 Å². The van der Waals surface area contributed by atoms with Gasteiger partial charge in [0, 0.05) is 11.1 Å². The van der Waals surface area contributed by atoms with Gasteiger partial charge in [0.25, 0.3) is 0 Å². The van der Waals surface area contributed by atoms with Crippen LogP contribution in [0.15, 0.2) is 12.1 Å². The Morgan fingerprint density at radius 2 is 1.29 bits per heavy atom. The molecule has 0 N–H and O–H groups in total. The number of aryl methyl sites for hydroxylation is 1. The van der Waals surface area contributed by atoms with Crippen LogP contribution < -0.4 is 10.2 Å². The molecule has 0 bridgehead atoms. The minimum atomic E-state index is -1.46. The Bertz CT molecular complexity index is 661. The molecule has 2 atom stereocenters. The summed E-state index contributed by atoms with van der Waals surface area (Å²) in [5.74, 6) is -0.737. The minimum absolute atomic E-state index is 0.189. The lowest BCUT2D eigenvalue weighted by Gasteiger charge is -2.23. The summed E-state index contributed by atoms with van der Waals surface area (Å²) in [4.78, 5) is 23.3. The van der Waals surface area contributed by atoms with Crippen LogP contribution in [0.2, 0.25) is 0 Å². The Hall–Kier alpha value is -1.84. The van der Waals surface area contributed by atoms with Crippen molar-refractivity contribution in [3.8, 4) is 0 Å². The van der Waals surface area contributed by atoms with Gasteiger partial charge < -0.3 is 19.8 Å². The Morgan fingerprint density at radius 3 is 1.71 bits per heavy atom. The first-order chi connectivity index (χ1) is 13.0. The largest absolute Gasteiger partial charge is 0.545 e. The van der Waals surface area contributed by atoms with E-state index in [4.69, 9.17) is 0 Å². The van der Waals surface area contributed by atoms with Crippen molar-refractivity contribution in [2.45, 2.75) is 80.1 Å². The van der Waals surface area contributed by atoms with E-state index in [2.05, 4.69) is 41.5 Å². The molecule has 1 rings (SSSR count). The van der Waals surface area contributed by atoms with Crippen molar-refractivity contribution in [1.82, 2.24) is 0 Å². The SMILES string of the molecule is CC(C)CC(C)CCc1ccc(C(=O)[O-])c(C(=O)[O-])c1CCC(C)CC(C)C. The summed E-state index contributed by atoms with van der Waals surface area (Å²) in [6.45, 7) is 13.1. The minimum Gasteiger partial charge on any atom is -0.545 e. The van der Waals surface area contributed by atoms with E-state index in [9.17, 15) is 19.8 Å². The summed E-state index contributed by atoms with van der Waals surface area (Å²) in [6.07, 6.45) is 5.24. The molecule has 4 heteroatoms. The molecule has 0 fully saturated rings. The maximum absolute atomic E-state index is 11.8. The van der Waals surface area contributed by atoms with Gasteiger partial charge in [0.1, 0.15) is 0 Å². The van der Waals surface area contributed by atoms with E-state index in [0.717, 1.165) is 37.7 Å². The number of rotatable bonds is 12. The van der Waals surface area contributed by atoms with Crippen LogP contribution in [0.5, 0.6) is 0 Å². The van der Waals surface area contributed by atoms with E-state index in [0.29, 0.717) is 35.7 Å². The highest BCUT2D eigenvalue weighted by Crippen LogP contribution is 2.27. The quantitative estimate of drug-likeness (QED) is 0.547.